The number of halogens is 1. The Labute approximate surface area is 113 Å². The Balaban J connectivity index is 1.80. The smallest absolute Gasteiger partial charge is 0.212 e. The van der Waals surface area contributed by atoms with Crippen molar-refractivity contribution in [3.05, 3.63) is 34.9 Å². The molecule has 0 N–H and O–H groups in total. The molecule has 3 aliphatic rings. The molecule has 3 fully saturated rings. The average molecular weight is 285 g/mol. The quantitative estimate of drug-likeness (QED) is 0.798. The van der Waals surface area contributed by atoms with Gasteiger partial charge in [-0.1, -0.05) is 29.3 Å². The van der Waals surface area contributed by atoms with Gasteiger partial charge in [0.2, 0.25) is 9.05 Å². The fourth-order valence-electron chi connectivity index (χ4n) is 4.10. The van der Waals surface area contributed by atoms with Crippen LogP contribution in [0.25, 0.3) is 0 Å². The van der Waals surface area contributed by atoms with Gasteiger partial charge in [-0.3, -0.25) is 0 Å². The predicted octanol–water partition coefficient (Wildman–Crippen LogP) is 3.29. The van der Waals surface area contributed by atoms with Crippen LogP contribution in [0.1, 0.15) is 36.0 Å². The summed E-state index contributed by atoms with van der Waals surface area (Å²) < 4.78 is 22.4. The van der Waals surface area contributed by atoms with Crippen molar-refractivity contribution in [1.29, 1.82) is 0 Å². The summed E-state index contributed by atoms with van der Waals surface area (Å²) in [7, 11) is 2.01. The van der Waals surface area contributed by atoms with Gasteiger partial charge in [0, 0.05) is 10.7 Å². The highest BCUT2D eigenvalue weighted by Crippen LogP contribution is 2.74. The van der Waals surface area contributed by atoms with E-state index in [0.717, 1.165) is 19.3 Å². The van der Waals surface area contributed by atoms with Gasteiger partial charge in [0.05, 0.1) is 5.75 Å². The zero-order valence-corrected chi connectivity index (χ0v) is 12.2. The molecule has 98 valence electrons. The SMILES string of the molecule is Cc1cc(C)cc(C23CC(CS(=O)(=O)Cl)(C2)C3)c1. The molecule has 0 saturated heterocycles. The van der Waals surface area contributed by atoms with Crippen LogP contribution in [0.15, 0.2) is 18.2 Å². The molecule has 3 aliphatic carbocycles. The van der Waals surface area contributed by atoms with Gasteiger partial charge in [-0.15, -0.1) is 0 Å². The summed E-state index contributed by atoms with van der Waals surface area (Å²) in [6.07, 6.45) is 2.94. The third kappa shape index (κ3) is 1.88. The van der Waals surface area contributed by atoms with Crippen molar-refractivity contribution in [3.63, 3.8) is 0 Å². The van der Waals surface area contributed by atoms with Gasteiger partial charge < -0.3 is 0 Å². The molecule has 0 atom stereocenters. The first kappa shape index (κ1) is 12.5. The van der Waals surface area contributed by atoms with Gasteiger partial charge in [-0.25, -0.2) is 8.42 Å². The molecule has 1 aromatic carbocycles. The van der Waals surface area contributed by atoms with E-state index in [-0.39, 0.29) is 16.6 Å². The van der Waals surface area contributed by atoms with Crippen LogP contribution in [0.3, 0.4) is 0 Å². The first-order chi connectivity index (χ1) is 8.22. The van der Waals surface area contributed by atoms with Crippen LogP contribution in [-0.2, 0) is 14.5 Å². The van der Waals surface area contributed by atoms with Crippen LogP contribution in [0.4, 0.5) is 0 Å². The second-order valence-corrected chi connectivity index (χ2v) is 9.15. The second kappa shape index (κ2) is 3.51. The van der Waals surface area contributed by atoms with Crippen molar-refractivity contribution in [2.24, 2.45) is 5.41 Å². The van der Waals surface area contributed by atoms with Crippen LogP contribution in [0.2, 0.25) is 0 Å². The highest BCUT2D eigenvalue weighted by atomic mass is 35.7. The van der Waals surface area contributed by atoms with E-state index in [2.05, 4.69) is 32.0 Å². The van der Waals surface area contributed by atoms with E-state index in [0.29, 0.717) is 0 Å². The average Bonchev–Trinajstić information content (AvgIpc) is 2.05. The lowest BCUT2D eigenvalue weighted by Gasteiger charge is -2.71. The molecule has 0 aliphatic heterocycles. The maximum absolute atomic E-state index is 11.2. The molecule has 0 unspecified atom stereocenters. The summed E-state index contributed by atoms with van der Waals surface area (Å²) in [6.45, 7) is 4.22. The molecule has 0 spiro atoms. The number of aryl methyl sites for hydroxylation is 2. The third-order valence-electron chi connectivity index (χ3n) is 4.45. The highest BCUT2D eigenvalue weighted by Gasteiger charge is 2.68. The zero-order valence-electron chi connectivity index (χ0n) is 10.7. The molecule has 4 rings (SSSR count). The number of hydrogen-bond acceptors (Lipinski definition) is 2. The Morgan fingerprint density at radius 1 is 1.11 bits per heavy atom. The third-order valence-corrected chi connectivity index (χ3v) is 5.74. The lowest BCUT2D eigenvalue weighted by atomic mass is 9.34. The van der Waals surface area contributed by atoms with Gasteiger partial charge in [-0.2, -0.15) is 0 Å². The monoisotopic (exact) mass is 284 g/mol. The maximum atomic E-state index is 11.2. The van der Waals surface area contributed by atoms with Crippen molar-refractivity contribution in [2.75, 3.05) is 5.75 Å². The van der Waals surface area contributed by atoms with Gasteiger partial charge in [0.15, 0.2) is 0 Å². The second-order valence-electron chi connectivity index (χ2n) is 6.37. The van der Waals surface area contributed by atoms with Crippen molar-refractivity contribution in [1.82, 2.24) is 0 Å². The van der Waals surface area contributed by atoms with E-state index in [1.165, 1.54) is 16.7 Å². The molecular formula is C14H17ClO2S. The maximum Gasteiger partial charge on any atom is 0.233 e. The van der Waals surface area contributed by atoms with Crippen LogP contribution in [0, 0.1) is 19.3 Å². The number of hydrogen-bond donors (Lipinski definition) is 0. The van der Waals surface area contributed by atoms with Gasteiger partial charge >= 0.3 is 0 Å². The van der Waals surface area contributed by atoms with E-state index in [1.54, 1.807) is 0 Å². The minimum atomic E-state index is -3.36. The first-order valence-corrected chi connectivity index (χ1v) is 8.71. The fourth-order valence-corrected chi connectivity index (χ4v) is 5.84. The van der Waals surface area contributed by atoms with Gasteiger partial charge in [0.25, 0.3) is 0 Å². The van der Waals surface area contributed by atoms with Crippen molar-refractivity contribution < 1.29 is 8.42 Å². The summed E-state index contributed by atoms with van der Waals surface area (Å²) >= 11 is 0. The van der Waals surface area contributed by atoms with Crippen molar-refractivity contribution >= 4 is 19.7 Å². The largest absolute Gasteiger partial charge is 0.233 e. The predicted molar refractivity (Wildman–Crippen MR) is 73.5 cm³/mol. The molecule has 0 radical (unpaired) electrons. The molecule has 0 heterocycles. The van der Waals surface area contributed by atoms with Crippen LogP contribution in [-0.4, -0.2) is 14.2 Å². The normalized spacial score (nSPS) is 33.7. The van der Waals surface area contributed by atoms with E-state index < -0.39 is 9.05 Å². The van der Waals surface area contributed by atoms with Crippen LogP contribution < -0.4 is 0 Å². The molecule has 2 bridgehead atoms. The van der Waals surface area contributed by atoms with Crippen molar-refractivity contribution in [2.45, 2.75) is 38.5 Å². The molecular weight excluding hydrogens is 268 g/mol. The summed E-state index contributed by atoms with van der Waals surface area (Å²) in [6, 6.07) is 6.66. The lowest BCUT2D eigenvalue weighted by molar-refractivity contribution is -0.122. The Kier molecular flexibility index (Phi) is 2.44. The molecule has 0 aromatic heterocycles. The Bertz CT molecular complexity index is 579. The molecule has 1 aromatic rings. The van der Waals surface area contributed by atoms with E-state index >= 15 is 0 Å². The summed E-state index contributed by atoms with van der Waals surface area (Å²) in [5.41, 5.74) is 4.19. The fraction of sp³-hybridized carbons (Fsp3) is 0.571. The highest BCUT2D eigenvalue weighted by molar-refractivity contribution is 8.13. The first-order valence-electron chi connectivity index (χ1n) is 6.23. The van der Waals surface area contributed by atoms with Crippen LogP contribution >= 0.6 is 10.7 Å². The van der Waals surface area contributed by atoms with E-state index in [1.807, 2.05) is 0 Å². The van der Waals surface area contributed by atoms with Crippen LogP contribution in [0.5, 0.6) is 0 Å². The lowest BCUT2D eigenvalue weighted by Crippen LogP contribution is -2.66. The van der Waals surface area contributed by atoms with E-state index in [4.69, 9.17) is 10.7 Å². The minimum Gasteiger partial charge on any atom is -0.212 e. The number of rotatable bonds is 3. The summed E-state index contributed by atoms with van der Waals surface area (Å²) in [5.74, 6) is 0.147. The van der Waals surface area contributed by atoms with Gasteiger partial charge in [-0.05, 0) is 49.5 Å². The summed E-state index contributed by atoms with van der Waals surface area (Å²) in [5, 5.41) is 0. The Hall–Kier alpha value is -0.540. The topological polar surface area (TPSA) is 34.1 Å². The summed E-state index contributed by atoms with van der Waals surface area (Å²) in [4.78, 5) is 0. The molecule has 0 amide bonds. The standard InChI is InChI=1S/C14H17ClO2S/c1-10-3-11(2)5-12(4-10)14-6-13(7-14,8-14)9-18(15,16)17/h3-5H,6-9H2,1-2H3. The number of benzene rings is 1. The van der Waals surface area contributed by atoms with Gasteiger partial charge in [0.1, 0.15) is 0 Å². The molecule has 2 nitrogen and oxygen atoms in total. The molecule has 18 heavy (non-hydrogen) atoms. The Morgan fingerprint density at radius 3 is 2.06 bits per heavy atom. The minimum absolute atomic E-state index is 0.0156. The molecule has 4 heteroatoms. The van der Waals surface area contributed by atoms with Crippen molar-refractivity contribution in [3.8, 4) is 0 Å². The van der Waals surface area contributed by atoms with E-state index in [9.17, 15) is 8.42 Å². The Morgan fingerprint density at radius 2 is 1.61 bits per heavy atom. The molecule has 3 saturated carbocycles. The zero-order chi connectivity index (χ0) is 13.2.